The van der Waals surface area contributed by atoms with Gasteiger partial charge in [-0.1, -0.05) is 13.0 Å². The van der Waals surface area contributed by atoms with E-state index in [2.05, 4.69) is 43.9 Å². The predicted molar refractivity (Wildman–Crippen MR) is 82.9 cm³/mol. The Balaban J connectivity index is 2.79. The van der Waals surface area contributed by atoms with E-state index in [4.69, 9.17) is 10.5 Å². The summed E-state index contributed by atoms with van der Waals surface area (Å²) in [5, 5.41) is 0. The summed E-state index contributed by atoms with van der Waals surface area (Å²) >= 11 is 0. The van der Waals surface area contributed by atoms with Crippen LogP contribution in [-0.2, 0) is 11.2 Å². The van der Waals surface area contributed by atoms with E-state index in [-0.39, 0.29) is 6.04 Å². The summed E-state index contributed by atoms with van der Waals surface area (Å²) in [4.78, 5) is 2.33. The van der Waals surface area contributed by atoms with Gasteiger partial charge in [0, 0.05) is 31.9 Å². The van der Waals surface area contributed by atoms with Gasteiger partial charge in [0.1, 0.15) is 0 Å². The number of aryl methyl sites for hydroxylation is 1. The first-order valence-corrected chi connectivity index (χ1v) is 7.21. The molecule has 0 saturated carbocycles. The van der Waals surface area contributed by atoms with Crippen LogP contribution in [0.4, 0.5) is 5.69 Å². The van der Waals surface area contributed by atoms with Crippen molar-refractivity contribution in [3.63, 3.8) is 0 Å². The second-order valence-corrected chi connectivity index (χ2v) is 5.06. The monoisotopic (exact) mass is 264 g/mol. The third-order valence-electron chi connectivity index (χ3n) is 3.64. The van der Waals surface area contributed by atoms with Crippen molar-refractivity contribution >= 4 is 5.69 Å². The zero-order valence-corrected chi connectivity index (χ0v) is 12.8. The third-order valence-corrected chi connectivity index (χ3v) is 3.64. The van der Waals surface area contributed by atoms with Crippen molar-refractivity contribution in [1.82, 2.24) is 0 Å². The van der Waals surface area contributed by atoms with Crippen LogP contribution in [0.15, 0.2) is 18.2 Å². The maximum Gasteiger partial charge on any atom is 0.0637 e. The van der Waals surface area contributed by atoms with Gasteiger partial charge in [-0.25, -0.2) is 0 Å². The molecule has 1 aromatic rings. The van der Waals surface area contributed by atoms with Crippen LogP contribution in [0.25, 0.3) is 0 Å². The Kier molecular flexibility index (Phi) is 6.89. The number of hydrogen-bond acceptors (Lipinski definition) is 3. The number of ether oxygens (including phenoxy) is 1. The van der Waals surface area contributed by atoms with Crippen molar-refractivity contribution < 1.29 is 4.74 Å². The molecule has 0 amide bonds. The van der Waals surface area contributed by atoms with Crippen LogP contribution in [0.2, 0.25) is 0 Å². The SMILES string of the molecule is CCC(N)Cc1ccc(N(CC)CCOC)cc1C. The normalized spacial score (nSPS) is 12.5. The first kappa shape index (κ1) is 16.0. The van der Waals surface area contributed by atoms with Crippen molar-refractivity contribution in [2.24, 2.45) is 5.73 Å². The second kappa shape index (κ2) is 8.18. The molecule has 19 heavy (non-hydrogen) atoms. The highest BCUT2D eigenvalue weighted by molar-refractivity contribution is 5.51. The molecule has 0 aromatic heterocycles. The fraction of sp³-hybridized carbons (Fsp3) is 0.625. The average Bonchev–Trinajstić information content (AvgIpc) is 2.42. The molecule has 108 valence electrons. The van der Waals surface area contributed by atoms with Crippen LogP contribution < -0.4 is 10.6 Å². The Morgan fingerprint density at radius 1 is 1.32 bits per heavy atom. The van der Waals surface area contributed by atoms with Crippen molar-refractivity contribution in [3.8, 4) is 0 Å². The number of nitrogens with zero attached hydrogens (tertiary/aromatic N) is 1. The quantitative estimate of drug-likeness (QED) is 0.784. The van der Waals surface area contributed by atoms with Gasteiger partial charge in [-0.15, -0.1) is 0 Å². The molecule has 0 aliphatic rings. The molecule has 0 heterocycles. The molecule has 2 N–H and O–H groups in total. The lowest BCUT2D eigenvalue weighted by atomic mass is 9.99. The minimum absolute atomic E-state index is 0.264. The van der Waals surface area contributed by atoms with Crippen LogP contribution in [-0.4, -0.2) is 32.8 Å². The number of likely N-dealkylation sites (N-methyl/N-ethyl adjacent to an activating group) is 1. The maximum atomic E-state index is 6.04. The van der Waals surface area contributed by atoms with Gasteiger partial charge in [0.05, 0.1) is 6.61 Å². The van der Waals surface area contributed by atoms with E-state index >= 15 is 0 Å². The van der Waals surface area contributed by atoms with E-state index in [1.165, 1.54) is 16.8 Å². The van der Waals surface area contributed by atoms with E-state index in [0.29, 0.717) is 0 Å². The van der Waals surface area contributed by atoms with Gasteiger partial charge < -0.3 is 15.4 Å². The first-order chi connectivity index (χ1) is 9.12. The Morgan fingerprint density at radius 2 is 2.05 bits per heavy atom. The molecule has 3 heteroatoms. The lowest BCUT2D eigenvalue weighted by Crippen LogP contribution is -2.27. The molecule has 1 atom stereocenters. The average molecular weight is 264 g/mol. The molecule has 0 saturated heterocycles. The summed E-state index contributed by atoms with van der Waals surface area (Å²) in [6.07, 6.45) is 1.99. The minimum atomic E-state index is 0.264. The molecule has 0 radical (unpaired) electrons. The van der Waals surface area contributed by atoms with Gasteiger partial charge in [0.15, 0.2) is 0 Å². The fourth-order valence-electron chi connectivity index (χ4n) is 2.20. The lowest BCUT2D eigenvalue weighted by Gasteiger charge is -2.24. The molecule has 1 unspecified atom stereocenters. The summed E-state index contributed by atoms with van der Waals surface area (Å²) in [5.41, 5.74) is 10.00. The molecular weight excluding hydrogens is 236 g/mol. The number of hydrogen-bond donors (Lipinski definition) is 1. The fourth-order valence-corrected chi connectivity index (χ4v) is 2.20. The summed E-state index contributed by atoms with van der Waals surface area (Å²) in [7, 11) is 1.74. The number of anilines is 1. The van der Waals surface area contributed by atoms with Gasteiger partial charge in [0.2, 0.25) is 0 Å². The maximum absolute atomic E-state index is 6.04. The Morgan fingerprint density at radius 3 is 2.58 bits per heavy atom. The molecule has 0 aliphatic heterocycles. The molecular formula is C16H28N2O. The van der Waals surface area contributed by atoms with E-state index in [9.17, 15) is 0 Å². The molecule has 0 bridgehead atoms. The Labute approximate surface area is 117 Å². The standard InChI is InChI=1S/C16H28N2O/c1-5-15(17)12-14-7-8-16(11-13(14)3)18(6-2)9-10-19-4/h7-8,11,15H,5-6,9-10,12,17H2,1-4H3. The summed E-state index contributed by atoms with van der Waals surface area (Å²) in [6, 6.07) is 6.94. The number of nitrogens with two attached hydrogens (primary N) is 1. The molecule has 0 fully saturated rings. The number of benzene rings is 1. The van der Waals surface area contributed by atoms with E-state index in [0.717, 1.165) is 32.5 Å². The van der Waals surface area contributed by atoms with Crippen molar-refractivity contribution in [2.45, 2.75) is 39.7 Å². The van der Waals surface area contributed by atoms with Crippen LogP contribution in [0.1, 0.15) is 31.4 Å². The Hall–Kier alpha value is -1.06. The van der Waals surface area contributed by atoms with Crippen LogP contribution in [0, 0.1) is 6.92 Å². The second-order valence-electron chi connectivity index (χ2n) is 5.06. The highest BCUT2D eigenvalue weighted by atomic mass is 16.5. The summed E-state index contributed by atoms with van der Waals surface area (Å²) in [5.74, 6) is 0. The van der Waals surface area contributed by atoms with Gasteiger partial charge in [0.25, 0.3) is 0 Å². The molecule has 1 rings (SSSR count). The molecule has 0 aliphatic carbocycles. The Bertz CT molecular complexity index is 379. The zero-order chi connectivity index (χ0) is 14.3. The highest BCUT2D eigenvalue weighted by Gasteiger charge is 2.08. The van der Waals surface area contributed by atoms with Gasteiger partial charge in [-0.05, 0) is 49.9 Å². The zero-order valence-electron chi connectivity index (χ0n) is 12.8. The minimum Gasteiger partial charge on any atom is -0.383 e. The smallest absolute Gasteiger partial charge is 0.0637 e. The topological polar surface area (TPSA) is 38.5 Å². The highest BCUT2D eigenvalue weighted by Crippen LogP contribution is 2.20. The van der Waals surface area contributed by atoms with Crippen LogP contribution in [0.3, 0.4) is 0 Å². The predicted octanol–water partition coefficient (Wildman–Crippen LogP) is 2.75. The summed E-state index contributed by atoms with van der Waals surface area (Å²) < 4.78 is 5.16. The van der Waals surface area contributed by atoms with Crippen LogP contribution in [0.5, 0.6) is 0 Å². The van der Waals surface area contributed by atoms with E-state index in [1.54, 1.807) is 7.11 Å². The van der Waals surface area contributed by atoms with E-state index in [1.807, 2.05) is 0 Å². The summed E-state index contributed by atoms with van der Waals surface area (Å²) in [6.45, 7) is 9.17. The number of methoxy groups -OCH3 is 1. The third kappa shape index (κ3) is 4.84. The molecule has 1 aromatic carbocycles. The van der Waals surface area contributed by atoms with Crippen LogP contribution >= 0.6 is 0 Å². The van der Waals surface area contributed by atoms with Crippen molar-refractivity contribution in [1.29, 1.82) is 0 Å². The molecule has 3 nitrogen and oxygen atoms in total. The van der Waals surface area contributed by atoms with Crippen molar-refractivity contribution in [2.75, 3.05) is 31.7 Å². The largest absolute Gasteiger partial charge is 0.383 e. The molecule has 0 spiro atoms. The first-order valence-electron chi connectivity index (χ1n) is 7.21. The van der Waals surface area contributed by atoms with Gasteiger partial charge in [-0.2, -0.15) is 0 Å². The van der Waals surface area contributed by atoms with Gasteiger partial charge in [-0.3, -0.25) is 0 Å². The van der Waals surface area contributed by atoms with E-state index < -0.39 is 0 Å². The number of rotatable bonds is 8. The van der Waals surface area contributed by atoms with Gasteiger partial charge >= 0.3 is 0 Å². The van der Waals surface area contributed by atoms with Crippen molar-refractivity contribution in [3.05, 3.63) is 29.3 Å². The lowest BCUT2D eigenvalue weighted by molar-refractivity contribution is 0.205.